The number of aliphatic hydroxyl groups excluding tert-OH is 1. The zero-order chi connectivity index (χ0) is 15.5. The van der Waals surface area contributed by atoms with E-state index in [0.29, 0.717) is 24.6 Å². The molecule has 0 aromatic heterocycles. The van der Waals surface area contributed by atoms with Crippen LogP contribution < -0.4 is 25.8 Å². The fourth-order valence-corrected chi connectivity index (χ4v) is 1.77. The van der Waals surface area contributed by atoms with Crippen LogP contribution in [0.2, 0.25) is 0 Å². The van der Waals surface area contributed by atoms with Crippen LogP contribution in [0.4, 0.5) is 0 Å². The predicted molar refractivity (Wildman–Crippen MR) is 79.3 cm³/mol. The quantitative estimate of drug-likeness (QED) is 0.400. The zero-order valence-electron chi connectivity index (χ0n) is 12.2. The average Bonchev–Trinajstić information content (AvgIpc) is 2.48. The van der Waals surface area contributed by atoms with Gasteiger partial charge in [0.25, 0.3) is 5.91 Å². The van der Waals surface area contributed by atoms with Gasteiger partial charge in [-0.05, 0) is 6.07 Å². The van der Waals surface area contributed by atoms with Crippen molar-refractivity contribution in [3.63, 3.8) is 0 Å². The van der Waals surface area contributed by atoms with E-state index in [0.717, 1.165) is 18.7 Å². The van der Waals surface area contributed by atoms with Crippen molar-refractivity contribution in [1.29, 1.82) is 0 Å². The van der Waals surface area contributed by atoms with E-state index in [4.69, 9.17) is 20.3 Å². The highest BCUT2D eigenvalue weighted by Gasteiger charge is 2.11. The molecule has 0 heterocycles. The number of primary amides is 1. The number of amides is 1. The maximum absolute atomic E-state index is 10.9. The molecule has 0 bridgehead atoms. The summed E-state index contributed by atoms with van der Waals surface area (Å²) < 4.78 is 10.7. The van der Waals surface area contributed by atoms with Crippen LogP contribution in [0.1, 0.15) is 5.56 Å². The largest absolute Gasteiger partial charge is 0.493 e. The van der Waals surface area contributed by atoms with Crippen LogP contribution in [-0.2, 0) is 11.3 Å². The Kier molecular flexibility index (Phi) is 8.18. The Morgan fingerprint density at radius 3 is 2.71 bits per heavy atom. The standard InChI is InChI=1S/C14H23N3O4/c1-20-12-4-2-3-11(14(12)21-10-13(15)19)9-17-6-5-16-7-8-18/h2-4,16-18H,5-10H2,1H3,(H2,15,19). The van der Waals surface area contributed by atoms with Crippen molar-refractivity contribution in [3.8, 4) is 11.5 Å². The van der Waals surface area contributed by atoms with E-state index >= 15 is 0 Å². The summed E-state index contributed by atoms with van der Waals surface area (Å²) >= 11 is 0. The first-order chi connectivity index (χ1) is 10.2. The molecule has 7 heteroatoms. The summed E-state index contributed by atoms with van der Waals surface area (Å²) in [5.41, 5.74) is 5.99. The van der Waals surface area contributed by atoms with Crippen molar-refractivity contribution in [1.82, 2.24) is 10.6 Å². The first kappa shape index (κ1) is 17.2. The number of methoxy groups -OCH3 is 1. The van der Waals surface area contributed by atoms with Crippen molar-refractivity contribution in [2.24, 2.45) is 5.73 Å². The van der Waals surface area contributed by atoms with E-state index in [1.165, 1.54) is 0 Å². The van der Waals surface area contributed by atoms with Gasteiger partial charge < -0.3 is 30.9 Å². The number of rotatable bonds is 11. The minimum atomic E-state index is -0.534. The molecule has 0 spiro atoms. The highest BCUT2D eigenvalue weighted by Crippen LogP contribution is 2.30. The first-order valence-corrected chi connectivity index (χ1v) is 6.78. The van der Waals surface area contributed by atoms with E-state index in [9.17, 15) is 4.79 Å². The summed E-state index contributed by atoms with van der Waals surface area (Å²) in [5, 5.41) is 15.0. The summed E-state index contributed by atoms with van der Waals surface area (Å²) in [6.45, 7) is 2.58. The van der Waals surface area contributed by atoms with Gasteiger partial charge >= 0.3 is 0 Å². The fourth-order valence-electron chi connectivity index (χ4n) is 1.77. The minimum absolute atomic E-state index is 0.126. The van der Waals surface area contributed by atoms with Crippen LogP contribution in [0, 0.1) is 0 Å². The van der Waals surface area contributed by atoms with Gasteiger partial charge in [0.2, 0.25) is 0 Å². The van der Waals surface area contributed by atoms with Crippen LogP contribution in [0.3, 0.4) is 0 Å². The predicted octanol–water partition coefficient (Wildman–Crippen LogP) is -0.769. The maximum Gasteiger partial charge on any atom is 0.255 e. The molecule has 21 heavy (non-hydrogen) atoms. The number of aliphatic hydroxyl groups is 1. The lowest BCUT2D eigenvalue weighted by Crippen LogP contribution is -2.29. The van der Waals surface area contributed by atoms with Crippen LogP contribution in [0.25, 0.3) is 0 Å². The summed E-state index contributed by atoms with van der Waals surface area (Å²) in [6, 6.07) is 5.52. The van der Waals surface area contributed by atoms with Crippen LogP contribution in [-0.4, -0.2) is 51.0 Å². The molecule has 7 nitrogen and oxygen atoms in total. The number of benzene rings is 1. The van der Waals surface area contributed by atoms with Crippen LogP contribution >= 0.6 is 0 Å². The van der Waals surface area contributed by atoms with Crippen molar-refractivity contribution >= 4 is 5.91 Å². The summed E-state index contributed by atoms with van der Waals surface area (Å²) in [7, 11) is 1.54. The molecule has 1 aromatic carbocycles. The zero-order valence-corrected chi connectivity index (χ0v) is 12.2. The van der Waals surface area contributed by atoms with Crippen LogP contribution in [0.5, 0.6) is 11.5 Å². The SMILES string of the molecule is COc1cccc(CNCCNCCO)c1OCC(N)=O. The molecule has 1 aromatic rings. The third-order valence-corrected chi connectivity index (χ3v) is 2.72. The second kappa shape index (κ2) is 9.98. The topological polar surface area (TPSA) is 106 Å². The fraction of sp³-hybridized carbons (Fsp3) is 0.500. The number of carbonyl (C=O) groups excluding carboxylic acids is 1. The van der Waals surface area contributed by atoms with Gasteiger partial charge in [-0.2, -0.15) is 0 Å². The van der Waals surface area contributed by atoms with Gasteiger partial charge in [0.15, 0.2) is 18.1 Å². The molecule has 0 saturated carbocycles. The van der Waals surface area contributed by atoms with E-state index in [2.05, 4.69) is 10.6 Å². The number of nitrogens with one attached hydrogen (secondary N) is 2. The van der Waals surface area contributed by atoms with E-state index in [1.807, 2.05) is 12.1 Å². The third-order valence-electron chi connectivity index (χ3n) is 2.72. The summed E-state index contributed by atoms with van der Waals surface area (Å²) in [4.78, 5) is 10.9. The molecule has 118 valence electrons. The second-order valence-corrected chi connectivity index (χ2v) is 4.35. The molecule has 0 radical (unpaired) electrons. The van der Waals surface area contributed by atoms with Gasteiger partial charge in [0, 0.05) is 31.7 Å². The molecule has 1 rings (SSSR count). The molecule has 0 saturated heterocycles. The molecular formula is C14H23N3O4. The molecule has 0 atom stereocenters. The maximum atomic E-state index is 10.9. The number of ether oxygens (including phenoxy) is 2. The van der Waals surface area contributed by atoms with Crippen molar-refractivity contribution in [3.05, 3.63) is 23.8 Å². The van der Waals surface area contributed by atoms with Crippen molar-refractivity contribution < 1.29 is 19.4 Å². The summed E-state index contributed by atoms with van der Waals surface area (Å²) in [5.74, 6) is 0.552. The molecular weight excluding hydrogens is 274 g/mol. The van der Waals surface area contributed by atoms with E-state index in [1.54, 1.807) is 13.2 Å². The molecule has 0 aliphatic carbocycles. The molecule has 0 aliphatic rings. The molecule has 0 fully saturated rings. The summed E-state index contributed by atoms with van der Waals surface area (Å²) in [6.07, 6.45) is 0. The molecule has 5 N–H and O–H groups in total. The first-order valence-electron chi connectivity index (χ1n) is 6.78. The van der Waals surface area contributed by atoms with Gasteiger partial charge in [-0.25, -0.2) is 0 Å². The van der Waals surface area contributed by atoms with E-state index < -0.39 is 5.91 Å². The monoisotopic (exact) mass is 297 g/mol. The average molecular weight is 297 g/mol. The van der Waals surface area contributed by atoms with Gasteiger partial charge in [0.1, 0.15) is 0 Å². The Labute approximate surface area is 124 Å². The molecule has 0 unspecified atom stereocenters. The van der Waals surface area contributed by atoms with Gasteiger partial charge in [-0.15, -0.1) is 0 Å². The Hall–Kier alpha value is -1.83. The molecule has 1 amide bonds. The molecule has 0 aliphatic heterocycles. The Bertz CT molecular complexity index is 440. The normalized spacial score (nSPS) is 10.4. The van der Waals surface area contributed by atoms with Crippen molar-refractivity contribution in [2.45, 2.75) is 6.54 Å². The second-order valence-electron chi connectivity index (χ2n) is 4.35. The van der Waals surface area contributed by atoms with Crippen LogP contribution in [0.15, 0.2) is 18.2 Å². The van der Waals surface area contributed by atoms with Gasteiger partial charge in [0.05, 0.1) is 13.7 Å². The smallest absolute Gasteiger partial charge is 0.255 e. The number of nitrogens with two attached hydrogens (primary N) is 1. The Balaban J connectivity index is 2.56. The highest BCUT2D eigenvalue weighted by atomic mass is 16.5. The van der Waals surface area contributed by atoms with E-state index in [-0.39, 0.29) is 13.2 Å². The Morgan fingerprint density at radius 1 is 1.29 bits per heavy atom. The number of para-hydroxylation sites is 1. The van der Waals surface area contributed by atoms with Gasteiger partial charge in [-0.3, -0.25) is 4.79 Å². The number of carbonyl (C=O) groups is 1. The minimum Gasteiger partial charge on any atom is -0.493 e. The lowest BCUT2D eigenvalue weighted by atomic mass is 10.2. The third kappa shape index (κ3) is 6.44. The lowest BCUT2D eigenvalue weighted by molar-refractivity contribution is -0.119. The number of hydrogen-bond donors (Lipinski definition) is 4. The van der Waals surface area contributed by atoms with Crippen molar-refractivity contribution in [2.75, 3.05) is 40.0 Å². The number of hydrogen-bond acceptors (Lipinski definition) is 6. The lowest BCUT2D eigenvalue weighted by Gasteiger charge is -2.14. The highest BCUT2D eigenvalue weighted by molar-refractivity contribution is 5.75. The Morgan fingerprint density at radius 2 is 2.05 bits per heavy atom. The van der Waals surface area contributed by atoms with Gasteiger partial charge in [-0.1, -0.05) is 12.1 Å².